The molecule has 0 N–H and O–H groups in total. The van der Waals surface area contributed by atoms with Crippen LogP contribution in [0.4, 0.5) is 0 Å². The fourth-order valence-corrected chi connectivity index (χ4v) is 0.356. The highest BCUT2D eigenvalue weighted by molar-refractivity contribution is 6.19. The molecule has 0 spiro atoms. The standard InChI is InChI=1S/C4H9ClO.Al.3H/c1-3-6-4(2)5;;;;/h4H,3H2,1-2H3;;;;. The highest BCUT2D eigenvalue weighted by Crippen LogP contribution is 1.92. The summed E-state index contributed by atoms with van der Waals surface area (Å²) in [4.78, 5) is 0. The summed E-state index contributed by atoms with van der Waals surface area (Å²) in [7, 11) is 0. The van der Waals surface area contributed by atoms with Crippen LogP contribution in [0.15, 0.2) is 0 Å². The Morgan fingerprint density at radius 2 is 2.14 bits per heavy atom. The quantitative estimate of drug-likeness (QED) is 0.397. The van der Waals surface area contributed by atoms with Crippen LogP contribution in [0.2, 0.25) is 0 Å². The Hall–Kier alpha value is 0.782. The lowest BCUT2D eigenvalue weighted by atomic mass is 10.8. The van der Waals surface area contributed by atoms with E-state index in [1.165, 1.54) is 0 Å². The van der Waals surface area contributed by atoms with Gasteiger partial charge in [-0.05, 0) is 13.8 Å². The molecule has 44 valence electrons. The molecule has 0 rings (SSSR count). The van der Waals surface area contributed by atoms with Crippen LogP contribution in [-0.2, 0) is 4.74 Å². The maximum Gasteiger partial charge on any atom is 0.187 e. The van der Waals surface area contributed by atoms with Gasteiger partial charge in [0.1, 0.15) is 5.56 Å². The summed E-state index contributed by atoms with van der Waals surface area (Å²) < 4.78 is 4.81. The molecule has 7 heavy (non-hydrogen) atoms. The van der Waals surface area contributed by atoms with Crippen molar-refractivity contribution in [1.29, 1.82) is 0 Å². The zero-order valence-corrected chi connectivity index (χ0v) is 4.83. The number of alkyl halides is 1. The van der Waals surface area contributed by atoms with Crippen molar-refractivity contribution in [3.63, 3.8) is 0 Å². The second kappa shape index (κ2) is 6.78. The van der Waals surface area contributed by atoms with Gasteiger partial charge >= 0.3 is 0 Å². The Bertz CT molecular complexity index is 32.9. The highest BCUT2D eigenvalue weighted by Gasteiger charge is 1.86. The van der Waals surface area contributed by atoms with E-state index in [1.807, 2.05) is 6.92 Å². The molecule has 0 aliphatic rings. The van der Waals surface area contributed by atoms with Crippen molar-refractivity contribution < 1.29 is 4.74 Å². The van der Waals surface area contributed by atoms with Gasteiger partial charge in [0, 0.05) is 6.61 Å². The maximum absolute atomic E-state index is 5.36. The monoisotopic (exact) mass is 138 g/mol. The van der Waals surface area contributed by atoms with E-state index < -0.39 is 0 Å². The molecule has 0 aromatic rings. The lowest BCUT2D eigenvalue weighted by Crippen LogP contribution is -1.96. The maximum atomic E-state index is 5.36. The Labute approximate surface area is 60.1 Å². The molecule has 0 aromatic carbocycles. The molecule has 0 aliphatic carbocycles. The van der Waals surface area contributed by atoms with E-state index in [0.717, 1.165) is 0 Å². The summed E-state index contributed by atoms with van der Waals surface area (Å²) in [5.74, 6) is 0. The number of hydrogen-bond donors (Lipinski definition) is 0. The summed E-state index contributed by atoms with van der Waals surface area (Å²) in [5, 5.41) is 0. The first kappa shape index (κ1) is 10.7. The molecule has 0 aliphatic heterocycles. The number of halogens is 1. The molecule has 0 saturated heterocycles. The Kier molecular flexibility index (Phi) is 10.4. The van der Waals surface area contributed by atoms with Gasteiger partial charge in [-0.25, -0.2) is 0 Å². The molecule has 0 saturated carbocycles. The van der Waals surface area contributed by atoms with E-state index in [0.29, 0.717) is 6.61 Å². The summed E-state index contributed by atoms with van der Waals surface area (Å²) in [6, 6.07) is 0. The Morgan fingerprint density at radius 1 is 1.71 bits per heavy atom. The number of ether oxygens (including phenoxy) is 1. The van der Waals surface area contributed by atoms with E-state index >= 15 is 0 Å². The third-order valence-electron chi connectivity index (χ3n) is 0.396. The van der Waals surface area contributed by atoms with Crippen LogP contribution in [0.1, 0.15) is 13.8 Å². The lowest BCUT2D eigenvalue weighted by Gasteiger charge is -1.97. The zero-order chi connectivity index (χ0) is 4.99. The van der Waals surface area contributed by atoms with Gasteiger partial charge in [0.2, 0.25) is 0 Å². The summed E-state index contributed by atoms with van der Waals surface area (Å²) in [5.41, 5.74) is -0.130. The summed E-state index contributed by atoms with van der Waals surface area (Å²) >= 11 is 5.36. The van der Waals surface area contributed by atoms with E-state index in [4.69, 9.17) is 16.3 Å². The molecule has 1 nitrogen and oxygen atoms in total. The van der Waals surface area contributed by atoms with E-state index in [9.17, 15) is 0 Å². The lowest BCUT2D eigenvalue weighted by molar-refractivity contribution is 0.132. The van der Waals surface area contributed by atoms with E-state index in [-0.39, 0.29) is 22.9 Å². The van der Waals surface area contributed by atoms with E-state index in [2.05, 4.69) is 0 Å². The SMILES string of the molecule is CCOC(C)Cl.[AlH3]. The summed E-state index contributed by atoms with van der Waals surface area (Å²) in [6.07, 6.45) is 0. The zero-order valence-electron chi connectivity index (χ0n) is 4.07. The van der Waals surface area contributed by atoms with Crippen LogP contribution in [-0.4, -0.2) is 29.5 Å². The average molecular weight is 139 g/mol. The third-order valence-corrected chi connectivity index (χ3v) is 0.522. The third kappa shape index (κ3) is 10.8. The first-order valence-corrected chi connectivity index (χ1v) is 2.46. The molecular weight excluding hydrogens is 126 g/mol. The Balaban J connectivity index is 0. The first-order chi connectivity index (χ1) is 2.77. The van der Waals surface area contributed by atoms with Crippen LogP contribution in [0, 0.1) is 0 Å². The second-order valence-corrected chi connectivity index (χ2v) is 1.61. The van der Waals surface area contributed by atoms with Crippen LogP contribution in [0.5, 0.6) is 0 Å². The minimum Gasteiger partial charge on any atom is -0.363 e. The van der Waals surface area contributed by atoms with Crippen LogP contribution >= 0.6 is 11.6 Å². The molecule has 1 atom stereocenters. The van der Waals surface area contributed by atoms with Crippen molar-refractivity contribution in [2.45, 2.75) is 19.4 Å². The fourth-order valence-electron chi connectivity index (χ4n) is 0.230. The van der Waals surface area contributed by atoms with Crippen molar-refractivity contribution in [2.24, 2.45) is 0 Å². The van der Waals surface area contributed by atoms with Gasteiger partial charge in [0.05, 0.1) is 0 Å². The Morgan fingerprint density at radius 3 is 2.14 bits per heavy atom. The van der Waals surface area contributed by atoms with Gasteiger partial charge in [0.25, 0.3) is 0 Å². The molecule has 0 bridgehead atoms. The van der Waals surface area contributed by atoms with Crippen LogP contribution in [0.25, 0.3) is 0 Å². The topological polar surface area (TPSA) is 9.23 Å². The molecule has 0 amide bonds. The van der Waals surface area contributed by atoms with Gasteiger partial charge < -0.3 is 4.74 Å². The molecule has 0 aromatic heterocycles. The van der Waals surface area contributed by atoms with Crippen molar-refractivity contribution >= 4 is 29.0 Å². The van der Waals surface area contributed by atoms with Crippen LogP contribution in [0.3, 0.4) is 0 Å². The van der Waals surface area contributed by atoms with Gasteiger partial charge in [-0.2, -0.15) is 0 Å². The molecule has 0 fully saturated rings. The van der Waals surface area contributed by atoms with E-state index in [1.54, 1.807) is 6.92 Å². The first-order valence-electron chi connectivity index (χ1n) is 2.03. The van der Waals surface area contributed by atoms with Crippen LogP contribution < -0.4 is 0 Å². The molecule has 0 heterocycles. The van der Waals surface area contributed by atoms with Crippen molar-refractivity contribution in [1.82, 2.24) is 0 Å². The van der Waals surface area contributed by atoms with Crippen molar-refractivity contribution in [3.8, 4) is 0 Å². The number of rotatable bonds is 2. The van der Waals surface area contributed by atoms with Crippen molar-refractivity contribution in [3.05, 3.63) is 0 Å². The molecule has 3 heteroatoms. The summed E-state index contributed by atoms with van der Waals surface area (Å²) in [6.45, 7) is 4.41. The smallest absolute Gasteiger partial charge is 0.187 e. The largest absolute Gasteiger partial charge is 0.363 e. The normalized spacial score (nSPS) is 12.4. The van der Waals surface area contributed by atoms with Gasteiger partial charge in [-0.1, -0.05) is 11.6 Å². The minimum absolute atomic E-state index is 0. The van der Waals surface area contributed by atoms with Gasteiger partial charge in [-0.15, -0.1) is 0 Å². The average Bonchev–Trinajstić information content (AvgIpc) is 1.35. The van der Waals surface area contributed by atoms with Gasteiger partial charge in [0.15, 0.2) is 17.4 Å². The highest BCUT2D eigenvalue weighted by atomic mass is 35.5. The number of hydrogen-bond acceptors (Lipinski definition) is 1. The van der Waals surface area contributed by atoms with Gasteiger partial charge in [-0.3, -0.25) is 0 Å². The molecule has 0 radical (unpaired) electrons. The minimum atomic E-state index is -0.130. The predicted octanol–water partition coefficient (Wildman–Crippen LogP) is 0.424. The second-order valence-electron chi connectivity index (χ2n) is 0.998. The fraction of sp³-hybridized carbons (Fsp3) is 1.00. The van der Waals surface area contributed by atoms with Crippen molar-refractivity contribution in [2.75, 3.05) is 6.61 Å². The molecular formula is C4H12AlClO. The molecule has 1 unspecified atom stereocenters. The predicted molar refractivity (Wildman–Crippen MR) is 36.9 cm³/mol.